The van der Waals surface area contributed by atoms with Crippen LogP contribution in [0.2, 0.25) is 0 Å². The second-order valence-corrected chi connectivity index (χ2v) is 6.76. The van der Waals surface area contributed by atoms with Crippen molar-refractivity contribution in [1.82, 2.24) is 24.3 Å². The number of rotatable bonds is 5. The molecule has 1 N–H and O–H groups in total. The van der Waals surface area contributed by atoms with Crippen molar-refractivity contribution in [3.63, 3.8) is 0 Å². The number of nitrogens with zero attached hydrogens (tertiary/aromatic N) is 5. The molecule has 11 heteroatoms. The number of ether oxygens (including phenoxy) is 2. The summed E-state index contributed by atoms with van der Waals surface area (Å²) in [5.41, 5.74) is 2.25. The first-order valence-electron chi connectivity index (χ1n) is 9.12. The van der Waals surface area contributed by atoms with Crippen molar-refractivity contribution < 1.29 is 27.8 Å². The topological polar surface area (TPSA) is 87.2 Å². The Morgan fingerprint density at radius 1 is 1.13 bits per heavy atom. The maximum atomic E-state index is 12.6. The van der Waals surface area contributed by atoms with Gasteiger partial charge in [-0.3, -0.25) is 9.25 Å². The SMILES string of the molecule is COc1cc(-c2ccc3c(O)n(-c4ccn(CC(F)(F)F)n4)c(C)c3n2)cnc1OC. The minimum atomic E-state index is -4.40. The van der Waals surface area contributed by atoms with Crippen LogP contribution in [0.4, 0.5) is 13.2 Å². The Labute approximate surface area is 174 Å². The maximum absolute atomic E-state index is 12.6. The van der Waals surface area contributed by atoms with Crippen LogP contribution >= 0.6 is 0 Å². The Morgan fingerprint density at radius 3 is 2.58 bits per heavy atom. The standard InChI is InChI=1S/C20H18F3N5O3/c1-11-17-13(19(29)28(11)16-6-7-27(26-16)10-20(21,22)23)4-5-14(25-17)12-8-15(30-2)18(31-3)24-9-12/h4-9,29H,10H2,1-3H3. The van der Waals surface area contributed by atoms with Crippen molar-refractivity contribution in [3.8, 4) is 34.6 Å². The van der Waals surface area contributed by atoms with E-state index in [-0.39, 0.29) is 11.7 Å². The minimum absolute atomic E-state index is 0.158. The predicted octanol–water partition coefficient (Wildman–Crippen LogP) is 3.88. The Morgan fingerprint density at radius 2 is 1.90 bits per heavy atom. The van der Waals surface area contributed by atoms with Gasteiger partial charge in [-0.05, 0) is 25.1 Å². The average molecular weight is 433 g/mol. The van der Waals surface area contributed by atoms with Crippen molar-refractivity contribution in [2.24, 2.45) is 0 Å². The molecular weight excluding hydrogens is 415 g/mol. The van der Waals surface area contributed by atoms with Crippen molar-refractivity contribution in [2.45, 2.75) is 19.6 Å². The van der Waals surface area contributed by atoms with E-state index in [1.165, 1.54) is 31.0 Å². The van der Waals surface area contributed by atoms with E-state index in [1.54, 1.807) is 31.3 Å². The highest BCUT2D eigenvalue weighted by atomic mass is 19.4. The van der Waals surface area contributed by atoms with Crippen LogP contribution in [0, 0.1) is 6.92 Å². The van der Waals surface area contributed by atoms with Crippen LogP contribution in [0.15, 0.2) is 36.7 Å². The van der Waals surface area contributed by atoms with Gasteiger partial charge in [0.1, 0.15) is 6.54 Å². The van der Waals surface area contributed by atoms with Crippen LogP contribution in [0.1, 0.15) is 5.69 Å². The highest BCUT2D eigenvalue weighted by Crippen LogP contribution is 2.35. The predicted molar refractivity (Wildman–Crippen MR) is 106 cm³/mol. The summed E-state index contributed by atoms with van der Waals surface area (Å²) in [5.74, 6) is 0.775. The summed E-state index contributed by atoms with van der Waals surface area (Å²) < 4.78 is 50.5. The molecule has 0 fully saturated rings. The molecule has 4 heterocycles. The zero-order valence-corrected chi connectivity index (χ0v) is 16.8. The summed E-state index contributed by atoms with van der Waals surface area (Å²) in [6.07, 6.45) is -1.60. The zero-order valence-electron chi connectivity index (χ0n) is 16.8. The fraction of sp³-hybridized carbons (Fsp3) is 0.250. The Hall–Kier alpha value is -3.76. The van der Waals surface area contributed by atoms with Gasteiger partial charge in [0.2, 0.25) is 5.88 Å². The third-order valence-corrected chi connectivity index (χ3v) is 4.75. The first kappa shape index (κ1) is 20.5. The summed E-state index contributed by atoms with van der Waals surface area (Å²) in [6, 6.07) is 6.51. The fourth-order valence-electron chi connectivity index (χ4n) is 3.36. The Kier molecular flexibility index (Phi) is 4.96. The molecule has 0 aliphatic heterocycles. The molecule has 0 radical (unpaired) electrons. The minimum Gasteiger partial charge on any atom is -0.494 e. The molecule has 0 saturated heterocycles. The van der Waals surface area contributed by atoms with Crippen molar-refractivity contribution in [3.05, 3.63) is 42.4 Å². The largest absolute Gasteiger partial charge is 0.494 e. The number of aromatic nitrogens is 5. The third-order valence-electron chi connectivity index (χ3n) is 4.75. The first-order valence-corrected chi connectivity index (χ1v) is 9.12. The molecule has 8 nitrogen and oxygen atoms in total. The van der Waals surface area contributed by atoms with Gasteiger partial charge in [-0.1, -0.05) is 0 Å². The fourth-order valence-corrected chi connectivity index (χ4v) is 3.36. The first-order chi connectivity index (χ1) is 14.7. The van der Waals surface area contributed by atoms with Crippen molar-refractivity contribution >= 4 is 10.9 Å². The van der Waals surface area contributed by atoms with E-state index in [0.717, 1.165) is 4.68 Å². The summed E-state index contributed by atoms with van der Waals surface area (Å²) in [6.45, 7) is 0.483. The highest BCUT2D eigenvalue weighted by Gasteiger charge is 2.29. The van der Waals surface area contributed by atoms with Crippen LogP contribution in [-0.2, 0) is 6.54 Å². The van der Waals surface area contributed by atoms with Crippen LogP contribution in [0.5, 0.6) is 17.5 Å². The number of halogens is 3. The quantitative estimate of drug-likeness (QED) is 0.514. The van der Waals surface area contributed by atoms with Gasteiger partial charge in [-0.25, -0.2) is 9.97 Å². The molecule has 0 unspecified atom stereocenters. The molecular formula is C20H18F3N5O3. The number of fused-ring (bicyclic) bond motifs is 1. The second kappa shape index (κ2) is 7.49. The molecule has 0 aliphatic rings. The summed E-state index contributed by atoms with van der Waals surface area (Å²) >= 11 is 0. The summed E-state index contributed by atoms with van der Waals surface area (Å²) in [4.78, 5) is 8.82. The van der Waals surface area contributed by atoms with E-state index in [1.807, 2.05) is 0 Å². The summed E-state index contributed by atoms with van der Waals surface area (Å²) in [5, 5.41) is 15.1. The molecule has 4 aromatic rings. The van der Waals surface area contributed by atoms with Crippen LogP contribution in [-0.4, -0.2) is 49.8 Å². The number of hydrogen-bond acceptors (Lipinski definition) is 6. The van der Waals surface area contributed by atoms with E-state index in [4.69, 9.17) is 9.47 Å². The molecule has 0 bridgehead atoms. The number of aryl methyl sites for hydroxylation is 1. The molecule has 0 aromatic carbocycles. The zero-order chi connectivity index (χ0) is 22.3. The van der Waals surface area contributed by atoms with E-state index >= 15 is 0 Å². The molecule has 0 spiro atoms. The molecule has 0 aliphatic carbocycles. The molecule has 0 saturated carbocycles. The molecule has 31 heavy (non-hydrogen) atoms. The van der Waals surface area contributed by atoms with Gasteiger partial charge in [-0.15, -0.1) is 0 Å². The van der Waals surface area contributed by atoms with Gasteiger partial charge in [-0.2, -0.15) is 18.3 Å². The van der Waals surface area contributed by atoms with E-state index in [2.05, 4.69) is 15.1 Å². The van der Waals surface area contributed by atoms with Gasteiger partial charge in [0.15, 0.2) is 11.6 Å². The highest BCUT2D eigenvalue weighted by molar-refractivity contribution is 5.90. The lowest BCUT2D eigenvalue weighted by molar-refractivity contribution is -0.142. The monoisotopic (exact) mass is 433 g/mol. The molecule has 0 atom stereocenters. The van der Waals surface area contributed by atoms with E-state index in [0.29, 0.717) is 39.5 Å². The second-order valence-electron chi connectivity index (χ2n) is 6.76. The van der Waals surface area contributed by atoms with Crippen LogP contribution in [0.25, 0.3) is 28.0 Å². The van der Waals surface area contributed by atoms with Crippen LogP contribution in [0.3, 0.4) is 0 Å². The van der Waals surface area contributed by atoms with E-state index < -0.39 is 12.7 Å². The van der Waals surface area contributed by atoms with E-state index in [9.17, 15) is 18.3 Å². The lowest BCUT2D eigenvalue weighted by Crippen LogP contribution is -2.18. The summed E-state index contributed by atoms with van der Waals surface area (Å²) in [7, 11) is 2.99. The molecule has 4 rings (SSSR count). The average Bonchev–Trinajstić information content (AvgIpc) is 3.27. The Balaban J connectivity index is 1.78. The molecule has 0 amide bonds. The van der Waals surface area contributed by atoms with Gasteiger partial charge in [0, 0.05) is 24.0 Å². The molecule has 4 aromatic heterocycles. The lowest BCUT2D eigenvalue weighted by Gasteiger charge is -2.08. The number of alkyl halides is 3. The smallest absolute Gasteiger partial charge is 0.408 e. The number of methoxy groups -OCH3 is 2. The normalized spacial score (nSPS) is 11.8. The number of aromatic hydroxyl groups is 1. The van der Waals surface area contributed by atoms with Gasteiger partial charge < -0.3 is 14.6 Å². The van der Waals surface area contributed by atoms with Gasteiger partial charge >= 0.3 is 6.18 Å². The maximum Gasteiger partial charge on any atom is 0.408 e. The lowest BCUT2D eigenvalue weighted by atomic mass is 10.1. The van der Waals surface area contributed by atoms with Gasteiger partial charge in [0.25, 0.3) is 5.88 Å². The van der Waals surface area contributed by atoms with Crippen molar-refractivity contribution in [1.29, 1.82) is 0 Å². The molecule has 162 valence electrons. The number of pyridine rings is 2. The van der Waals surface area contributed by atoms with Crippen LogP contribution < -0.4 is 9.47 Å². The van der Waals surface area contributed by atoms with Crippen molar-refractivity contribution in [2.75, 3.05) is 14.2 Å². The number of hydrogen-bond donors (Lipinski definition) is 1. The third kappa shape index (κ3) is 3.74. The van der Waals surface area contributed by atoms with Gasteiger partial charge in [0.05, 0.1) is 36.5 Å². The Bertz CT molecular complexity index is 1260.